The van der Waals surface area contributed by atoms with Crippen LogP contribution in [-0.4, -0.2) is 34.5 Å². The number of terminal acetylenes is 1. The number of hydrogen-bond acceptors (Lipinski definition) is 2. The molecule has 0 bridgehead atoms. The summed E-state index contributed by atoms with van der Waals surface area (Å²) in [7, 11) is 0. The number of rotatable bonds is 5. The summed E-state index contributed by atoms with van der Waals surface area (Å²) in [5.74, 6) is 1.15. The van der Waals surface area contributed by atoms with Crippen LogP contribution < -0.4 is 0 Å². The van der Waals surface area contributed by atoms with Crippen LogP contribution in [0, 0.1) is 12.3 Å². The van der Waals surface area contributed by atoms with Crippen molar-refractivity contribution in [3.05, 3.63) is 0 Å². The van der Waals surface area contributed by atoms with Gasteiger partial charge in [0.25, 0.3) is 0 Å². The lowest BCUT2D eigenvalue weighted by molar-refractivity contribution is -0.138. The van der Waals surface area contributed by atoms with Gasteiger partial charge < -0.3 is 10.0 Å². The third-order valence-electron chi connectivity index (χ3n) is 1.76. The van der Waals surface area contributed by atoms with Crippen molar-refractivity contribution in [3.63, 3.8) is 0 Å². The van der Waals surface area contributed by atoms with E-state index in [-0.39, 0.29) is 31.3 Å². The molecule has 0 unspecified atom stereocenters. The summed E-state index contributed by atoms with van der Waals surface area (Å²) >= 11 is 0. The fraction of sp³-hybridized carbons (Fsp3) is 0.600. The van der Waals surface area contributed by atoms with Gasteiger partial charge in [-0.25, -0.2) is 0 Å². The third kappa shape index (κ3) is 4.51. The number of carbonyl (C=O) groups is 2. The molecule has 0 aromatic carbocycles. The molecule has 0 atom stereocenters. The monoisotopic (exact) mass is 197 g/mol. The fourth-order valence-corrected chi connectivity index (χ4v) is 1.08. The highest BCUT2D eigenvalue weighted by atomic mass is 16.4. The first-order valence-electron chi connectivity index (χ1n) is 4.43. The molecule has 14 heavy (non-hydrogen) atoms. The van der Waals surface area contributed by atoms with Crippen molar-refractivity contribution >= 4 is 11.9 Å². The molecule has 0 fully saturated rings. The Morgan fingerprint density at radius 1 is 1.50 bits per heavy atom. The summed E-state index contributed by atoms with van der Waals surface area (Å²) in [6, 6.07) is -0.0183. The van der Waals surface area contributed by atoms with E-state index >= 15 is 0 Å². The number of aliphatic carboxylic acids is 1. The van der Waals surface area contributed by atoms with Crippen molar-refractivity contribution < 1.29 is 14.7 Å². The Kier molecular flexibility index (Phi) is 5.38. The minimum Gasteiger partial charge on any atom is -0.481 e. The Balaban J connectivity index is 4.23. The highest BCUT2D eigenvalue weighted by molar-refractivity contribution is 5.79. The number of carboxylic acids is 1. The number of nitrogens with zero attached hydrogens (tertiary/aromatic N) is 1. The summed E-state index contributed by atoms with van der Waals surface area (Å²) in [5, 5.41) is 8.48. The molecule has 78 valence electrons. The molecular weight excluding hydrogens is 182 g/mol. The topological polar surface area (TPSA) is 57.6 Å². The van der Waals surface area contributed by atoms with Gasteiger partial charge in [0.1, 0.15) is 0 Å². The lowest BCUT2D eigenvalue weighted by atomic mass is 10.2. The van der Waals surface area contributed by atoms with Crippen LogP contribution in [0.25, 0.3) is 0 Å². The van der Waals surface area contributed by atoms with E-state index in [1.165, 1.54) is 4.90 Å². The van der Waals surface area contributed by atoms with Crippen LogP contribution in [0.2, 0.25) is 0 Å². The van der Waals surface area contributed by atoms with Gasteiger partial charge >= 0.3 is 5.97 Å². The fourth-order valence-electron chi connectivity index (χ4n) is 1.08. The summed E-state index contributed by atoms with van der Waals surface area (Å²) in [5.41, 5.74) is 0. The molecule has 0 rings (SSSR count). The van der Waals surface area contributed by atoms with Crippen molar-refractivity contribution in [3.8, 4) is 12.3 Å². The van der Waals surface area contributed by atoms with Gasteiger partial charge in [-0.3, -0.25) is 9.59 Å². The molecule has 0 aliphatic carbocycles. The molecule has 0 spiro atoms. The summed E-state index contributed by atoms with van der Waals surface area (Å²) in [6.45, 7) is 3.88. The second-order valence-electron chi connectivity index (χ2n) is 3.21. The number of amides is 1. The van der Waals surface area contributed by atoms with Gasteiger partial charge in [-0.2, -0.15) is 0 Å². The largest absolute Gasteiger partial charge is 0.481 e. The van der Waals surface area contributed by atoms with Crippen LogP contribution in [0.4, 0.5) is 0 Å². The predicted molar refractivity (Wildman–Crippen MR) is 52.6 cm³/mol. The number of carbonyl (C=O) groups excluding carboxylic acids is 1. The standard InChI is InChI=1S/C10H15NO3/c1-4-5-9(12)11(8(2)3)7-6-10(13)14/h1,8H,5-7H2,2-3H3,(H,13,14). The number of hydrogen-bond donors (Lipinski definition) is 1. The molecule has 0 aromatic rings. The molecule has 0 saturated carbocycles. The second kappa shape index (κ2) is 6.03. The van der Waals surface area contributed by atoms with Crippen LogP contribution in [0.3, 0.4) is 0 Å². The van der Waals surface area contributed by atoms with E-state index in [2.05, 4.69) is 5.92 Å². The average Bonchev–Trinajstić information content (AvgIpc) is 2.03. The second-order valence-corrected chi connectivity index (χ2v) is 3.21. The van der Waals surface area contributed by atoms with Crippen molar-refractivity contribution in [1.29, 1.82) is 0 Å². The zero-order valence-electron chi connectivity index (χ0n) is 8.49. The van der Waals surface area contributed by atoms with E-state index < -0.39 is 5.97 Å². The molecule has 0 radical (unpaired) electrons. The normalized spacial score (nSPS) is 9.57. The maximum absolute atomic E-state index is 11.4. The van der Waals surface area contributed by atoms with Crippen molar-refractivity contribution in [2.75, 3.05) is 6.54 Å². The maximum atomic E-state index is 11.4. The molecular formula is C10H15NO3. The Morgan fingerprint density at radius 3 is 2.43 bits per heavy atom. The lowest BCUT2D eigenvalue weighted by Crippen LogP contribution is -2.38. The van der Waals surface area contributed by atoms with Crippen LogP contribution in [0.1, 0.15) is 26.7 Å². The molecule has 1 amide bonds. The van der Waals surface area contributed by atoms with Gasteiger partial charge in [0.05, 0.1) is 12.8 Å². The highest BCUT2D eigenvalue weighted by Crippen LogP contribution is 2.02. The first kappa shape index (κ1) is 12.5. The Bertz CT molecular complexity index is 253. The van der Waals surface area contributed by atoms with Gasteiger partial charge in [0.15, 0.2) is 0 Å². The molecule has 0 saturated heterocycles. The molecule has 0 aromatic heterocycles. The van der Waals surface area contributed by atoms with Gasteiger partial charge in [-0.15, -0.1) is 6.42 Å². The molecule has 0 aliphatic rings. The SMILES string of the molecule is C#CCC(=O)N(CCC(=O)O)C(C)C. The Morgan fingerprint density at radius 2 is 2.07 bits per heavy atom. The van der Waals surface area contributed by atoms with E-state index in [1.807, 2.05) is 13.8 Å². The highest BCUT2D eigenvalue weighted by Gasteiger charge is 2.16. The predicted octanol–water partition coefficient (Wildman–Crippen LogP) is 0.721. The van der Waals surface area contributed by atoms with Gasteiger partial charge in [-0.1, -0.05) is 5.92 Å². The summed E-state index contributed by atoms with van der Waals surface area (Å²) < 4.78 is 0. The molecule has 0 heterocycles. The zero-order chi connectivity index (χ0) is 11.1. The van der Waals surface area contributed by atoms with Gasteiger partial charge in [0, 0.05) is 12.6 Å². The minimum absolute atomic E-state index is 0.0183. The minimum atomic E-state index is -0.913. The van der Waals surface area contributed by atoms with Crippen LogP contribution in [-0.2, 0) is 9.59 Å². The number of carboxylic acid groups (broad SMARTS) is 1. The van der Waals surface area contributed by atoms with E-state index in [0.29, 0.717) is 0 Å². The summed E-state index contributed by atoms with van der Waals surface area (Å²) in [6.07, 6.45) is 4.99. The maximum Gasteiger partial charge on any atom is 0.305 e. The zero-order valence-corrected chi connectivity index (χ0v) is 8.49. The van der Waals surface area contributed by atoms with Crippen molar-refractivity contribution in [2.45, 2.75) is 32.7 Å². The van der Waals surface area contributed by atoms with Gasteiger partial charge in [-0.05, 0) is 13.8 Å². The van der Waals surface area contributed by atoms with Gasteiger partial charge in [0.2, 0.25) is 5.91 Å². The smallest absolute Gasteiger partial charge is 0.305 e. The van der Waals surface area contributed by atoms with E-state index in [0.717, 1.165) is 0 Å². The molecule has 0 aliphatic heterocycles. The van der Waals surface area contributed by atoms with E-state index in [9.17, 15) is 9.59 Å². The quantitative estimate of drug-likeness (QED) is 0.661. The van der Waals surface area contributed by atoms with E-state index in [1.54, 1.807) is 0 Å². The Labute approximate surface area is 83.9 Å². The lowest BCUT2D eigenvalue weighted by Gasteiger charge is -2.25. The first-order valence-corrected chi connectivity index (χ1v) is 4.43. The summed E-state index contributed by atoms with van der Waals surface area (Å²) in [4.78, 5) is 23.2. The van der Waals surface area contributed by atoms with Crippen LogP contribution in [0.5, 0.6) is 0 Å². The first-order chi connectivity index (χ1) is 6.49. The van der Waals surface area contributed by atoms with Crippen LogP contribution in [0.15, 0.2) is 0 Å². The molecule has 1 N–H and O–H groups in total. The van der Waals surface area contributed by atoms with E-state index in [4.69, 9.17) is 11.5 Å². The van der Waals surface area contributed by atoms with Crippen molar-refractivity contribution in [1.82, 2.24) is 4.90 Å². The molecule has 4 nitrogen and oxygen atoms in total. The van der Waals surface area contributed by atoms with Crippen molar-refractivity contribution in [2.24, 2.45) is 0 Å². The third-order valence-corrected chi connectivity index (χ3v) is 1.76. The Hall–Kier alpha value is -1.50. The average molecular weight is 197 g/mol. The molecule has 4 heteroatoms. The van der Waals surface area contributed by atoms with Crippen LogP contribution >= 0.6 is 0 Å².